The quantitative estimate of drug-likeness (QED) is 0.745. The van der Waals surface area contributed by atoms with E-state index in [0.29, 0.717) is 25.6 Å². The van der Waals surface area contributed by atoms with E-state index in [-0.39, 0.29) is 18.3 Å². The maximum Gasteiger partial charge on any atom is 0.224 e. The molecule has 2 aliphatic heterocycles. The highest BCUT2D eigenvalue weighted by Crippen LogP contribution is 2.28. The number of carbonyl (C=O) groups excluding carboxylic acids is 1. The average molecular weight is 406 g/mol. The van der Waals surface area contributed by atoms with Gasteiger partial charge in [-0.2, -0.15) is 0 Å². The predicted molar refractivity (Wildman–Crippen MR) is 108 cm³/mol. The number of hydrogen-bond acceptors (Lipinski definition) is 5. The molecule has 0 spiro atoms. The van der Waals surface area contributed by atoms with Crippen LogP contribution in [-0.4, -0.2) is 51.8 Å². The second-order valence-electron chi connectivity index (χ2n) is 7.25. The van der Waals surface area contributed by atoms with Crippen LogP contribution < -0.4 is 5.32 Å². The maximum absolute atomic E-state index is 12.4. The van der Waals surface area contributed by atoms with Gasteiger partial charge < -0.3 is 19.5 Å². The van der Waals surface area contributed by atoms with Gasteiger partial charge in [-0.1, -0.05) is 30.3 Å². The molecule has 2 aromatic rings. The van der Waals surface area contributed by atoms with E-state index >= 15 is 0 Å². The molecule has 1 N–H and O–H groups in total. The van der Waals surface area contributed by atoms with Crippen molar-refractivity contribution in [3.63, 3.8) is 0 Å². The second kappa shape index (κ2) is 10.0. The van der Waals surface area contributed by atoms with Gasteiger partial charge in [-0.25, -0.2) is 0 Å². The van der Waals surface area contributed by atoms with Crippen molar-refractivity contribution in [2.45, 2.75) is 44.9 Å². The van der Waals surface area contributed by atoms with Crippen molar-refractivity contribution in [2.24, 2.45) is 0 Å². The number of carbonyl (C=O) groups is 1. The highest BCUT2D eigenvalue weighted by molar-refractivity contribution is 5.85. The molecular formula is C20H28ClN5O2. The van der Waals surface area contributed by atoms with Crippen LogP contribution in [0.25, 0.3) is 0 Å². The zero-order chi connectivity index (χ0) is 18.5. The first-order chi connectivity index (χ1) is 13.3. The van der Waals surface area contributed by atoms with Gasteiger partial charge in [0.05, 0.1) is 26.2 Å². The summed E-state index contributed by atoms with van der Waals surface area (Å²) in [5.41, 5.74) is 1.14. The zero-order valence-electron chi connectivity index (χ0n) is 16.0. The summed E-state index contributed by atoms with van der Waals surface area (Å²) in [7, 11) is 0. The van der Waals surface area contributed by atoms with Gasteiger partial charge in [-0.3, -0.25) is 4.79 Å². The van der Waals surface area contributed by atoms with Crippen LogP contribution in [0.1, 0.15) is 42.4 Å². The van der Waals surface area contributed by atoms with Gasteiger partial charge in [0.2, 0.25) is 5.91 Å². The summed E-state index contributed by atoms with van der Waals surface area (Å²) in [6.45, 7) is 5.33. The Bertz CT molecular complexity index is 759. The Labute approximate surface area is 171 Å². The Morgan fingerprint density at radius 2 is 1.93 bits per heavy atom. The molecule has 1 aromatic carbocycles. The van der Waals surface area contributed by atoms with E-state index in [2.05, 4.69) is 20.1 Å². The molecule has 0 atom stereocenters. The third-order valence-electron chi connectivity index (χ3n) is 5.44. The van der Waals surface area contributed by atoms with E-state index in [1.54, 1.807) is 0 Å². The third kappa shape index (κ3) is 4.90. The van der Waals surface area contributed by atoms with Crippen LogP contribution >= 0.6 is 12.4 Å². The molecule has 2 aliphatic rings. The minimum Gasteiger partial charge on any atom is -0.376 e. The molecule has 1 fully saturated rings. The van der Waals surface area contributed by atoms with Gasteiger partial charge in [0, 0.05) is 32.1 Å². The van der Waals surface area contributed by atoms with Gasteiger partial charge >= 0.3 is 0 Å². The van der Waals surface area contributed by atoms with Crippen LogP contribution in [0.15, 0.2) is 30.3 Å². The number of hydrogen-bond donors (Lipinski definition) is 1. The molecular weight excluding hydrogens is 378 g/mol. The van der Waals surface area contributed by atoms with Crippen molar-refractivity contribution >= 4 is 18.3 Å². The van der Waals surface area contributed by atoms with Gasteiger partial charge in [0.1, 0.15) is 11.6 Å². The number of halogens is 1. The van der Waals surface area contributed by atoms with Crippen molar-refractivity contribution in [3.05, 3.63) is 47.5 Å². The Morgan fingerprint density at radius 3 is 2.71 bits per heavy atom. The minimum absolute atomic E-state index is 0. The fraction of sp³-hybridized carbons (Fsp3) is 0.550. The Hall–Kier alpha value is -1.96. The lowest BCUT2D eigenvalue weighted by Crippen LogP contribution is -2.39. The zero-order valence-corrected chi connectivity index (χ0v) is 16.9. The molecule has 8 heteroatoms. The number of likely N-dealkylation sites (tertiary alicyclic amines) is 1. The number of aromatic nitrogens is 3. The standard InChI is InChI=1S/C20H27N5O2.ClH/c26-19(8-13-27-15-16-4-2-1-3-5-16)24-10-6-17(7-11-24)20-23-22-18-14-21-9-12-25(18)20;/h1-5,17,21H,6-15H2;1H. The van der Waals surface area contributed by atoms with E-state index in [0.717, 1.165) is 62.8 Å². The molecule has 1 amide bonds. The van der Waals surface area contributed by atoms with Crippen LogP contribution in [-0.2, 0) is 29.2 Å². The largest absolute Gasteiger partial charge is 0.376 e. The highest BCUT2D eigenvalue weighted by Gasteiger charge is 2.28. The number of piperidine rings is 1. The first-order valence-electron chi connectivity index (χ1n) is 9.83. The smallest absolute Gasteiger partial charge is 0.224 e. The van der Waals surface area contributed by atoms with E-state index in [1.165, 1.54) is 0 Å². The van der Waals surface area contributed by atoms with Crippen molar-refractivity contribution in [3.8, 4) is 0 Å². The molecule has 1 aromatic heterocycles. The topological polar surface area (TPSA) is 72.3 Å². The summed E-state index contributed by atoms with van der Waals surface area (Å²) >= 11 is 0. The number of ether oxygens (including phenoxy) is 1. The number of fused-ring (bicyclic) bond motifs is 1. The number of rotatable bonds is 6. The highest BCUT2D eigenvalue weighted by atomic mass is 35.5. The minimum atomic E-state index is 0. The van der Waals surface area contributed by atoms with Crippen molar-refractivity contribution in [2.75, 3.05) is 26.2 Å². The monoisotopic (exact) mass is 405 g/mol. The second-order valence-corrected chi connectivity index (χ2v) is 7.25. The lowest BCUT2D eigenvalue weighted by Gasteiger charge is -2.32. The Morgan fingerprint density at radius 1 is 1.14 bits per heavy atom. The molecule has 7 nitrogen and oxygen atoms in total. The van der Waals surface area contributed by atoms with Gasteiger partial charge in [-0.15, -0.1) is 22.6 Å². The van der Waals surface area contributed by atoms with E-state index in [9.17, 15) is 4.79 Å². The Kier molecular flexibility index (Phi) is 7.42. The molecule has 0 saturated carbocycles. The van der Waals surface area contributed by atoms with Crippen LogP contribution in [0, 0.1) is 0 Å². The molecule has 4 rings (SSSR count). The van der Waals surface area contributed by atoms with Crippen molar-refractivity contribution in [1.29, 1.82) is 0 Å². The summed E-state index contributed by atoms with van der Waals surface area (Å²) in [6.07, 6.45) is 2.37. The molecule has 3 heterocycles. The summed E-state index contributed by atoms with van der Waals surface area (Å²) in [5.74, 6) is 2.73. The summed E-state index contributed by atoms with van der Waals surface area (Å²) in [6, 6.07) is 10.1. The van der Waals surface area contributed by atoms with Gasteiger partial charge in [-0.05, 0) is 18.4 Å². The lowest BCUT2D eigenvalue weighted by molar-refractivity contribution is -0.133. The number of amides is 1. The normalized spacial score (nSPS) is 17.1. The first-order valence-corrected chi connectivity index (χ1v) is 9.83. The van der Waals surface area contributed by atoms with Crippen LogP contribution in [0.4, 0.5) is 0 Å². The Balaban J connectivity index is 0.00000225. The van der Waals surface area contributed by atoms with E-state index in [1.807, 2.05) is 35.2 Å². The summed E-state index contributed by atoms with van der Waals surface area (Å²) < 4.78 is 7.91. The van der Waals surface area contributed by atoms with E-state index in [4.69, 9.17) is 4.74 Å². The van der Waals surface area contributed by atoms with Crippen molar-refractivity contribution in [1.82, 2.24) is 25.0 Å². The van der Waals surface area contributed by atoms with Crippen molar-refractivity contribution < 1.29 is 9.53 Å². The summed E-state index contributed by atoms with van der Waals surface area (Å²) in [4.78, 5) is 14.4. The maximum atomic E-state index is 12.4. The van der Waals surface area contributed by atoms with Gasteiger partial charge in [0.15, 0.2) is 0 Å². The molecule has 0 radical (unpaired) electrons. The fourth-order valence-corrected chi connectivity index (χ4v) is 3.89. The summed E-state index contributed by atoms with van der Waals surface area (Å²) in [5, 5.41) is 12.1. The van der Waals surface area contributed by atoms with Gasteiger partial charge in [0.25, 0.3) is 0 Å². The SMILES string of the molecule is Cl.O=C(CCOCc1ccccc1)N1CCC(c2nnc3n2CCNC3)CC1. The molecule has 28 heavy (non-hydrogen) atoms. The fourth-order valence-electron chi connectivity index (χ4n) is 3.89. The van der Waals surface area contributed by atoms with Crippen LogP contribution in [0.2, 0.25) is 0 Å². The molecule has 0 aliphatic carbocycles. The molecule has 0 unspecified atom stereocenters. The number of benzene rings is 1. The molecule has 152 valence electrons. The molecule has 1 saturated heterocycles. The number of nitrogens with one attached hydrogen (secondary N) is 1. The first kappa shape index (κ1) is 20.8. The molecule has 0 bridgehead atoms. The lowest BCUT2D eigenvalue weighted by atomic mass is 9.95. The third-order valence-corrected chi connectivity index (χ3v) is 5.44. The average Bonchev–Trinajstić information content (AvgIpc) is 3.16. The van der Waals surface area contributed by atoms with E-state index < -0.39 is 0 Å². The number of nitrogens with zero attached hydrogens (tertiary/aromatic N) is 4. The van der Waals surface area contributed by atoms with Crippen LogP contribution in [0.5, 0.6) is 0 Å². The van der Waals surface area contributed by atoms with Crippen LogP contribution in [0.3, 0.4) is 0 Å². The predicted octanol–water partition coefficient (Wildman–Crippen LogP) is 2.12.